The molecule has 0 spiro atoms. The Morgan fingerprint density at radius 1 is 0.917 bits per heavy atom. The maximum Gasteiger partial charge on any atom is 0.244 e. The molecule has 2 aromatic heterocycles. The van der Waals surface area contributed by atoms with Gasteiger partial charge in [-0.3, -0.25) is 9.59 Å². The van der Waals surface area contributed by atoms with E-state index in [1.807, 2.05) is 45.5 Å². The first kappa shape index (κ1) is 22.2. The number of halogens is 1. The monoisotopic (exact) mass is 481 g/mol. The number of hydrogen-bond donors (Lipinski definition) is 1. The van der Waals surface area contributed by atoms with Crippen molar-refractivity contribution in [3.8, 4) is 11.4 Å². The zero-order valence-electron chi connectivity index (χ0n) is 19.6. The van der Waals surface area contributed by atoms with E-state index in [9.17, 15) is 14.0 Å². The van der Waals surface area contributed by atoms with Gasteiger partial charge in [0.15, 0.2) is 11.3 Å². The molecule has 3 aromatic carbocycles. The number of hydrogen-bond acceptors (Lipinski definition) is 4. The number of benzene rings is 3. The van der Waals surface area contributed by atoms with Gasteiger partial charge in [-0.1, -0.05) is 30.7 Å². The van der Waals surface area contributed by atoms with Crippen molar-refractivity contribution in [2.45, 2.75) is 38.8 Å². The van der Waals surface area contributed by atoms with Crippen molar-refractivity contribution >= 4 is 33.4 Å². The van der Waals surface area contributed by atoms with Gasteiger partial charge in [0.25, 0.3) is 0 Å². The van der Waals surface area contributed by atoms with Crippen LogP contribution in [0.1, 0.15) is 25.1 Å². The summed E-state index contributed by atoms with van der Waals surface area (Å²) in [6.07, 6.45) is 3.98. The normalized spacial score (nSPS) is 13.5. The van der Waals surface area contributed by atoms with Crippen LogP contribution in [0.5, 0.6) is 0 Å². The quantitative estimate of drug-likeness (QED) is 0.370. The molecule has 0 saturated heterocycles. The molecular formula is C28H24FN5O2. The van der Waals surface area contributed by atoms with E-state index in [2.05, 4.69) is 15.5 Å². The van der Waals surface area contributed by atoms with Crippen LogP contribution in [0.25, 0.3) is 33.2 Å². The predicted molar refractivity (Wildman–Crippen MR) is 137 cm³/mol. The van der Waals surface area contributed by atoms with Crippen molar-refractivity contribution in [2.24, 2.45) is 0 Å². The summed E-state index contributed by atoms with van der Waals surface area (Å²) in [7, 11) is 0. The Kier molecular flexibility index (Phi) is 5.56. The maximum absolute atomic E-state index is 14.8. The molecule has 0 atom stereocenters. The third-order valence-corrected chi connectivity index (χ3v) is 6.78. The number of carbonyl (C=O) groups is 1. The van der Waals surface area contributed by atoms with Crippen LogP contribution in [0.3, 0.4) is 0 Å². The summed E-state index contributed by atoms with van der Waals surface area (Å²) in [5, 5.41) is 12.5. The second-order valence-electron chi connectivity index (χ2n) is 9.09. The highest BCUT2D eigenvalue weighted by molar-refractivity contribution is 5.97. The summed E-state index contributed by atoms with van der Waals surface area (Å²) in [6.45, 7) is 0.745. The molecule has 1 aliphatic rings. The Balaban J connectivity index is 1.34. The summed E-state index contributed by atoms with van der Waals surface area (Å²) in [6, 6.07) is 19.0. The summed E-state index contributed by atoms with van der Waals surface area (Å²) >= 11 is 0. The van der Waals surface area contributed by atoms with Gasteiger partial charge in [0, 0.05) is 29.4 Å². The third-order valence-electron chi connectivity index (χ3n) is 6.78. The van der Waals surface area contributed by atoms with Crippen molar-refractivity contribution < 1.29 is 9.18 Å². The number of aryl methyl sites for hydroxylation is 1. The summed E-state index contributed by atoms with van der Waals surface area (Å²) in [5.41, 5.74) is 2.09. The number of pyridine rings is 1. The minimum Gasteiger partial charge on any atom is -0.331 e. The van der Waals surface area contributed by atoms with Gasteiger partial charge >= 0.3 is 0 Å². The number of amides is 1. The number of carbonyl (C=O) groups excluding carboxylic acids is 1. The van der Waals surface area contributed by atoms with Crippen molar-refractivity contribution in [2.75, 3.05) is 5.32 Å². The van der Waals surface area contributed by atoms with Crippen molar-refractivity contribution in [3.63, 3.8) is 0 Å². The van der Waals surface area contributed by atoms with Crippen molar-refractivity contribution in [1.82, 2.24) is 19.3 Å². The second-order valence-corrected chi connectivity index (χ2v) is 9.09. The molecule has 7 nitrogen and oxygen atoms in total. The minimum atomic E-state index is -0.412. The first-order valence-corrected chi connectivity index (χ1v) is 12.1. The molecule has 0 fully saturated rings. The van der Waals surface area contributed by atoms with E-state index < -0.39 is 5.82 Å². The lowest BCUT2D eigenvalue weighted by atomic mass is 10.1. The van der Waals surface area contributed by atoms with Gasteiger partial charge in [-0.2, -0.15) is 0 Å². The average molecular weight is 482 g/mol. The molecule has 180 valence electrons. The fourth-order valence-corrected chi connectivity index (χ4v) is 5.05. The van der Waals surface area contributed by atoms with Crippen LogP contribution in [0.2, 0.25) is 0 Å². The first-order valence-electron chi connectivity index (χ1n) is 12.1. The number of nitrogens with one attached hydrogen (secondary N) is 1. The summed E-state index contributed by atoms with van der Waals surface area (Å²) in [4.78, 5) is 26.1. The van der Waals surface area contributed by atoms with Gasteiger partial charge in [-0.15, -0.1) is 10.2 Å². The summed E-state index contributed by atoms with van der Waals surface area (Å²) in [5.74, 6) is 0.655. The third kappa shape index (κ3) is 3.84. The summed E-state index contributed by atoms with van der Waals surface area (Å²) < 4.78 is 18.7. The van der Waals surface area contributed by atoms with Gasteiger partial charge in [-0.25, -0.2) is 4.39 Å². The Morgan fingerprint density at radius 3 is 2.39 bits per heavy atom. The van der Waals surface area contributed by atoms with E-state index in [4.69, 9.17) is 0 Å². The van der Waals surface area contributed by atoms with Crippen molar-refractivity contribution in [1.29, 1.82) is 0 Å². The van der Waals surface area contributed by atoms with E-state index in [1.165, 1.54) is 12.1 Å². The molecule has 8 heteroatoms. The lowest BCUT2D eigenvalue weighted by molar-refractivity contribution is -0.116. The Morgan fingerprint density at radius 2 is 1.64 bits per heavy atom. The zero-order chi connectivity index (χ0) is 24.6. The highest BCUT2D eigenvalue weighted by atomic mass is 19.1. The lowest BCUT2D eigenvalue weighted by Crippen LogP contribution is -2.21. The van der Waals surface area contributed by atoms with Crippen LogP contribution in [0, 0.1) is 5.82 Å². The molecule has 3 heterocycles. The zero-order valence-corrected chi connectivity index (χ0v) is 19.6. The van der Waals surface area contributed by atoms with Gasteiger partial charge in [-0.05, 0) is 55.3 Å². The fourth-order valence-electron chi connectivity index (χ4n) is 5.05. The predicted octanol–water partition coefficient (Wildman–Crippen LogP) is 4.92. The van der Waals surface area contributed by atoms with Crippen LogP contribution in [0.4, 0.5) is 10.1 Å². The highest BCUT2D eigenvalue weighted by Crippen LogP contribution is 2.28. The molecule has 1 amide bonds. The molecule has 1 N–H and O–H groups in total. The van der Waals surface area contributed by atoms with Gasteiger partial charge in [0.1, 0.15) is 18.2 Å². The highest BCUT2D eigenvalue weighted by Gasteiger charge is 2.20. The molecule has 0 unspecified atom stereocenters. The van der Waals surface area contributed by atoms with Gasteiger partial charge in [0.05, 0.1) is 16.6 Å². The van der Waals surface area contributed by atoms with Crippen LogP contribution in [-0.4, -0.2) is 25.2 Å². The Labute approximate surface area is 206 Å². The first-order chi connectivity index (χ1) is 17.6. The van der Waals surface area contributed by atoms with Crippen LogP contribution in [-0.2, 0) is 24.3 Å². The van der Waals surface area contributed by atoms with E-state index in [-0.39, 0.29) is 17.9 Å². The number of aromatic nitrogens is 4. The SMILES string of the molecule is O=C(Cn1c2ccccc2c(=O)c2ccccc21)Nc1ccc(F)c(-c2nnc3n2CCCCC3)c1. The Hall–Kier alpha value is -4.33. The van der Waals surface area contributed by atoms with Crippen molar-refractivity contribution in [3.05, 3.63) is 88.6 Å². The van der Waals surface area contributed by atoms with Crippen LogP contribution >= 0.6 is 0 Å². The smallest absolute Gasteiger partial charge is 0.244 e. The molecule has 5 aromatic rings. The number of rotatable bonds is 4. The second kappa shape index (κ2) is 9.03. The fraction of sp³-hybridized carbons (Fsp3) is 0.214. The molecule has 6 rings (SSSR count). The van der Waals surface area contributed by atoms with Crippen LogP contribution in [0.15, 0.2) is 71.5 Å². The standard InChI is InChI=1S/C28H24FN5O2/c29-22-14-13-18(16-21(22)28-32-31-25-12-2-1-7-15-33(25)28)30-26(35)17-34-23-10-5-3-8-19(23)27(36)20-9-4-6-11-24(20)34/h3-6,8-11,13-14,16H,1-2,7,12,15,17H2,(H,30,35). The Bertz CT molecular complexity index is 1630. The molecule has 0 radical (unpaired) electrons. The van der Waals surface area contributed by atoms with E-state index >= 15 is 0 Å². The maximum atomic E-state index is 14.8. The van der Waals surface area contributed by atoms with Crippen LogP contribution < -0.4 is 10.7 Å². The van der Waals surface area contributed by atoms with E-state index in [0.717, 1.165) is 38.1 Å². The number of nitrogens with zero attached hydrogens (tertiary/aromatic N) is 4. The number of anilines is 1. The number of para-hydroxylation sites is 2. The minimum absolute atomic E-state index is 0.00561. The molecule has 36 heavy (non-hydrogen) atoms. The van der Waals surface area contributed by atoms with E-state index in [1.54, 1.807) is 18.2 Å². The molecular weight excluding hydrogens is 457 g/mol. The largest absolute Gasteiger partial charge is 0.331 e. The van der Waals surface area contributed by atoms with E-state index in [0.29, 0.717) is 38.9 Å². The average Bonchev–Trinajstić information content (AvgIpc) is 3.15. The van der Waals surface area contributed by atoms with Gasteiger partial charge in [0.2, 0.25) is 5.91 Å². The molecule has 0 aliphatic carbocycles. The molecule has 0 saturated carbocycles. The molecule has 0 bridgehead atoms. The number of fused-ring (bicyclic) bond motifs is 3. The van der Waals surface area contributed by atoms with Gasteiger partial charge < -0.3 is 14.5 Å². The lowest BCUT2D eigenvalue weighted by Gasteiger charge is -2.15. The molecule has 1 aliphatic heterocycles. The topological polar surface area (TPSA) is 81.8 Å².